The highest BCUT2D eigenvalue weighted by molar-refractivity contribution is 5.78. The minimum absolute atomic E-state index is 0.0570. The lowest BCUT2D eigenvalue weighted by atomic mass is 9.98. The van der Waals surface area contributed by atoms with Gasteiger partial charge in [-0.2, -0.15) is 0 Å². The van der Waals surface area contributed by atoms with E-state index in [4.69, 9.17) is 9.47 Å². The average Bonchev–Trinajstić information content (AvgIpc) is 3.10. The lowest BCUT2D eigenvalue weighted by Gasteiger charge is -2.22. The second kappa shape index (κ2) is 9.40. The van der Waals surface area contributed by atoms with Crippen molar-refractivity contribution >= 4 is 12.3 Å². The first-order valence-corrected chi connectivity index (χ1v) is 9.80. The summed E-state index contributed by atoms with van der Waals surface area (Å²) in [5.74, 6) is 0.614. The van der Waals surface area contributed by atoms with Gasteiger partial charge >= 0.3 is 5.97 Å². The van der Waals surface area contributed by atoms with Crippen LogP contribution in [0, 0.1) is 0 Å². The van der Waals surface area contributed by atoms with Crippen LogP contribution in [-0.2, 0) is 16.1 Å². The summed E-state index contributed by atoms with van der Waals surface area (Å²) >= 11 is 0. The standard InChI is InChI=1S/C23H29N2O3/c1-4-5-15-24-17-25(16-18-11-13-20(27-2)14-12-18)22(23(26)28-3)21(24)19-9-7-6-8-10-19/h6-14,17,21-22H,4-5,15-16H2,1-3H3/q+1. The molecule has 2 atom stereocenters. The van der Waals surface area contributed by atoms with Gasteiger partial charge in [-0.1, -0.05) is 55.8 Å². The predicted octanol–water partition coefficient (Wildman–Crippen LogP) is 3.63. The normalized spacial score (nSPS) is 18.7. The van der Waals surface area contributed by atoms with Crippen LogP contribution < -0.4 is 4.74 Å². The first-order valence-electron chi connectivity index (χ1n) is 9.80. The molecule has 0 radical (unpaired) electrons. The minimum Gasteiger partial charge on any atom is -0.497 e. The Morgan fingerprint density at radius 3 is 2.39 bits per heavy atom. The van der Waals surface area contributed by atoms with Crippen molar-refractivity contribution in [3.63, 3.8) is 0 Å². The molecule has 0 N–H and O–H groups in total. The van der Waals surface area contributed by atoms with Crippen molar-refractivity contribution in [3.05, 3.63) is 65.7 Å². The largest absolute Gasteiger partial charge is 0.497 e. The molecule has 5 heteroatoms. The Hall–Kier alpha value is -2.82. The third kappa shape index (κ3) is 4.35. The number of benzene rings is 2. The zero-order valence-electron chi connectivity index (χ0n) is 16.9. The number of hydrogen-bond acceptors (Lipinski definition) is 4. The van der Waals surface area contributed by atoms with Crippen LogP contribution in [0.25, 0.3) is 0 Å². The summed E-state index contributed by atoms with van der Waals surface area (Å²) in [7, 11) is 3.12. The molecule has 0 aromatic heterocycles. The fourth-order valence-corrected chi connectivity index (χ4v) is 3.72. The summed E-state index contributed by atoms with van der Waals surface area (Å²) in [6.07, 6.45) is 4.27. The number of esters is 1. The SMILES string of the molecule is CCCCN1C=[N+](Cc2ccc(OC)cc2)C(C(=O)OC)C1c1ccccc1. The highest BCUT2D eigenvalue weighted by Crippen LogP contribution is 2.31. The van der Waals surface area contributed by atoms with Gasteiger partial charge in [-0.3, -0.25) is 4.90 Å². The van der Waals surface area contributed by atoms with E-state index in [0.29, 0.717) is 6.54 Å². The molecule has 0 fully saturated rings. The first kappa shape index (κ1) is 19.9. The maximum absolute atomic E-state index is 12.8. The van der Waals surface area contributed by atoms with Gasteiger partial charge in [-0.25, -0.2) is 9.37 Å². The highest BCUT2D eigenvalue weighted by Gasteiger charge is 2.47. The quantitative estimate of drug-likeness (QED) is 0.517. The van der Waals surface area contributed by atoms with E-state index in [2.05, 4.69) is 34.9 Å². The summed E-state index contributed by atoms with van der Waals surface area (Å²) in [6, 6.07) is 17.7. The monoisotopic (exact) mass is 381 g/mol. The molecule has 28 heavy (non-hydrogen) atoms. The summed E-state index contributed by atoms with van der Waals surface area (Å²) in [5, 5.41) is 0. The van der Waals surface area contributed by atoms with E-state index >= 15 is 0 Å². The molecule has 1 aliphatic rings. The zero-order chi connectivity index (χ0) is 19.9. The zero-order valence-corrected chi connectivity index (χ0v) is 16.9. The molecule has 148 valence electrons. The second-order valence-corrected chi connectivity index (χ2v) is 7.05. The minimum atomic E-state index is -0.383. The van der Waals surface area contributed by atoms with Crippen molar-refractivity contribution in [2.24, 2.45) is 0 Å². The van der Waals surface area contributed by atoms with E-state index in [-0.39, 0.29) is 18.1 Å². The van der Waals surface area contributed by atoms with Gasteiger partial charge in [0.05, 0.1) is 20.8 Å². The van der Waals surface area contributed by atoms with Gasteiger partial charge in [0.1, 0.15) is 12.3 Å². The molecule has 5 nitrogen and oxygen atoms in total. The molecule has 1 aliphatic heterocycles. The van der Waals surface area contributed by atoms with E-state index in [9.17, 15) is 4.79 Å². The van der Waals surface area contributed by atoms with Gasteiger partial charge in [-0.15, -0.1) is 0 Å². The molecule has 2 aromatic rings. The summed E-state index contributed by atoms with van der Waals surface area (Å²) in [6.45, 7) is 3.72. The molecule has 0 spiro atoms. The van der Waals surface area contributed by atoms with Crippen LogP contribution in [0.15, 0.2) is 54.6 Å². The van der Waals surface area contributed by atoms with Gasteiger partial charge in [0, 0.05) is 5.56 Å². The average molecular weight is 381 g/mol. The third-order valence-electron chi connectivity index (χ3n) is 5.19. The maximum atomic E-state index is 12.8. The molecule has 2 aromatic carbocycles. The number of hydrogen-bond donors (Lipinski definition) is 0. The van der Waals surface area contributed by atoms with E-state index in [1.165, 1.54) is 7.11 Å². The van der Waals surface area contributed by atoms with Gasteiger partial charge in [-0.05, 0) is 24.1 Å². The van der Waals surface area contributed by atoms with E-state index in [1.807, 2.05) is 42.5 Å². The molecule has 0 saturated heterocycles. The topological polar surface area (TPSA) is 41.8 Å². The molecule has 2 unspecified atom stereocenters. The third-order valence-corrected chi connectivity index (χ3v) is 5.19. The van der Waals surface area contributed by atoms with Crippen molar-refractivity contribution in [1.82, 2.24) is 4.90 Å². The highest BCUT2D eigenvalue weighted by atomic mass is 16.5. The van der Waals surface area contributed by atoms with Crippen molar-refractivity contribution < 1.29 is 18.8 Å². The van der Waals surface area contributed by atoms with Crippen LogP contribution in [0.1, 0.15) is 36.9 Å². The number of nitrogens with zero attached hydrogens (tertiary/aromatic N) is 2. The summed E-state index contributed by atoms with van der Waals surface area (Å²) in [5.41, 5.74) is 2.25. The number of methoxy groups -OCH3 is 2. The fraction of sp³-hybridized carbons (Fsp3) is 0.391. The summed E-state index contributed by atoms with van der Waals surface area (Å²) in [4.78, 5) is 15.1. The Morgan fingerprint density at radius 2 is 1.79 bits per heavy atom. The lowest BCUT2D eigenvalue weighted by Crippen LogP contribution is -2.38. The van der Waals surface area contributed by atoms with Crippen molar-refractivity contribution in [2.45, 2.75) is 38.4 Å². The van der Waals surface area contributed by atoms with Crippen LogP contribution in [0.4, 0.5) is 0 Å². The maximum Gasteiger partial charge on any atom is 0.356 e. The molecule has 0 bridgehead atoms. The second-order valence-electron chi connectivity index (χ2n) is 7.05. The molecule has 0 amide bonds. The molecular formula is C23H29N2O3+. The molecule has 1 heterocycles. The predicted molar refractivity (Wildman–Crippen MR) is 110 cm³/mol. The fourth-order valence-electron chi connectivity index (χ4n) is 3.72. The Kier molecular flexibility index (Phi) is 6.69. The van der Waals surface area contributed by atoms with Crippen LogP contribution in [0.2, 0.25) is 0 Å². The Morgan fingerprint density at radius 1 is 1.07 bits per heavy atom. The van der Waals surface area contributed by atoms with Crippen LogP contribution in [0.3, 0.4) is 0 Å². The smallest absolute Gasteiger partial charge is 0.356 e. The number of carbonyl (C=O) groups is 1. The van der Waals surface area contributed by atoms with Crippen molar-refractivity contribution in [3.8, 4) is 5.75 Å². The van der Waals surface area contributed by atoms with E-state index in [0.717, 1.165) is 36.3 Å². The van der Waals surface area contributed by atoms with Crippen LogP contribution in [0.5, 0.6) is 5.75 Å². The van der Waals surface area contributed by atoms with Crippen LogP contribution >= 0.6 is 0 Å². The van der Waals surface area contributed by atoms with Crippen molar-refractivity contribution in [1.29, 1.82) is 0 Å². The lowest BCUT2D eigenvalue weighted by molar-refractivity contribution is -0.560. The first-order chi connectivity index (χ1) is 13.7. The van der Waals surface area contributed by atoms with E-state index in [1.54, 1.807) is 7.11 Å². The molecular weight excluding hydrogens is 352 g/mol. The number of ether oxygens (including phenoxy) is 2. The van der Waals surface area contributed by atoms with Gasteiger partial charge in [0.25, 0.3) is 0 Å². The Bertz CT molecular complexity index is 802. The number of rotatable bonds is 8. The Balaban J connectivity index is 1.93. The summed E-state index contributed by atoms with van der Waals surface area (Å²) < 4.78 is 12.5. The molecule has 3 rings (SSSR count). The van der Waals surface area contributed by atoms with Gasteiger partial charge in [0.2, 0.25) is 12.4 Å². The van der Waals surface area contributed by atoms with Crippen molar-refractivity contribution in [2.75, 3.05) is 20.8 Å². The number of unbranched alkanes of at least 4 members (excludes halogenated alkanes) is 1. The number of carbonyl (C=O) groups excluding carboxylic acids is 1. The van der Waals surface area contributed by atoms with Crippen LogP contribution in [-0.4, -0.2) is 48.6 Å². The molecule has 0 aliphatic carbocycles. The van der Waals surface area contributed by atoms with Gasteiger partial charge in [0.15, 0.2) is 6.04 Å². The molecule has 0 saturated carbocycles. The van der Waals surface area contributed by atoms with Gasteiger partial charge < -0.3 is 9.47 Å². The van der Waals surface area contributed by atoms with E-state index < -0.39 is 0 Å². The Labute approximate surface area is 167 Å².